The fourth-order valence-corrected chi connectivity index (χ4v) is 2.47. The summed E-state index contributed by atoms with van der Waals surface area (Å²) < 4.78 is 1.95. The van der Waals surface area contributed by atoms with Gasteiger partial charge in [0.1, 0.15) is 0 Å². The van der Waals surface area contributed by atoms with Crippen LogP contribution in [0.5, 0.6) is 0 Å². The van der Waals surface area contributed by atoms with Gasteiger partial charge in [0, 0.05) is 33.8 Å². The van der Waals surface area contributed by atoms with Gasteiger partial charge in [-0.15, -0.1) is 0 Å². The molecule has 0 saturated carbocycles. The van der Waals surface area contributed by atoms with Gasteiger partial charge in [0.2, 0.25) is 5.95 Å². The van der Waals surface area contributed by atoms with E-state index < -0.39 is 0 Å². The lowest BCUT2D eigenvalue weighted by atomic mass is 10.3. The van der Waals surface area contributed by atoms with Crippen LogP contribution in [0, 0.1) is 0 Å². The fourth-order valence-electron chi connectivity index (χ4n) is 1.95. The maximum Gasteiger partial charge on any atom is 0.212 e. The number of hydrogen-bond acceptors (Lipinski definition) is 2. The van der Waals surface area contributed by atoms with E-state index in [2.05, 4.69) is 10.3 Å². The highest BCUT2D eigenvalue weighted by atomic mass is 35.5. The number of para-hydroxylation sites is 1. The van der Waals surface area contributed by atoms with E-state index >= 15 is 0 Å². The average molecular weight is 304 g/mol. The van der Waals surface area contributed by atoms with Gasteiger partial charge in [0.15, 0.2) is 0 Å². The van der Waals surface area contributed by atoms with Crippen LogP contribution < -0.4 is 5.32 Å². The number of hydrogen-bond donors (Lipinski definition) is 1. The van der Waals surface area contributed by atoms with Crippen molar-refractivity contribution in [1.29, 1.82) is 0 Å². The maximum absolute atomic E-state index is 6.00. The van der Waals surface area contributed by atoms with Crippen LogP contribution >= 0.6 is 23.2 Å². The van der Waals surface area contributed by atoms with Crippen molar-refractivity contribution in [2.24, 2.45) is 0 Å². The van der Waals surface area contributed by atoms with Crippen molar-refractivity contribution in [1.82, 2.24) is 9.55 Å². The Bertz CT molecular complexity index is 703. The number of anilines is 2. The minimum absolute atomic E-state index is 0.581. The van der Waals surface area contributed by atoms with Crippen LogP contribution in [0.3, 0.4) is 0 Å². The molecule has 3 nitrogen and oxygen atoms in total. The van der Waals surface area contributed by atoms with Crippen molar-refractivity contribution >= 4 is 34.8 Å². The summed E-state index contributed by atoms with van der Waals surface area (Å²) in [6.07, 6.45) is 3.63. The summed E-state index contributed by atoms with van der Waals surface area (Å²) in [6, 6.07) is 15.3. The predicted molar refractivity (Wildman–Crippen MR) is 83.3 cm³/mol. The Labute approximate surface area is 126 Å². The standard InChI is InChI=1S/C15H11Cl2N3/c16-11-8-12(17)10-13(9-11)19-15-18-6-7-20(15)14-4-2-1-3-5-14/h1-10H,(H,18,19). The molecule has 0 bridgehead atoms. The van der Waals surface area contributed by atoms with Gasteiger partial charge in [-0.25, -0.2) is 4.98 Å². The molecule has 0 spiro atoms. The second-order valence-electron chi connectivity index (χ2n) is 4.24. The molecule has 2 aromatic carbocycles. The Morgan fingerprint density at radius 3 is 2.35 bits per heavy atom. The molecule has 0 atom stereocenters. The third kappa shape index (κ3) is 2.79. The first-order chi connectivity index (χ1) is 9.72. The second-order valence-corrected chi connectivity index (χ2v) is 5.11. The van der Waals surface area contributed by atoms with Crippen molar-refractivity contribution < 1.29 is 0 Å². The molecule has 3 aromatic rings. The van der Waals surface area contributed by atoms with Gasteiger partial charge in [-0.3, -0.25) is 4.57 Å². The van der Waals surface area contributed by atoms with Crippen molar-refractivity contribution in [2.45, 2.75) is 0 Å². The molecule has 5 heteroatoms. The van der Waals surface area contributed by atoms with Crippen LogP contribution in [-0.4, -0.2) is 9.55 Å². The SMILES string of the molecule is Clc1cc(Cl)cc(Nc2nccn2-c2ccccc2)c1. The smallest absolute Gasteiger partial charge is 0.212 e. The molecule has 0 amide bonds. The van der Waals surface area contributed by atoms with Crippen LogP contribution in [0.25, 0.3) is 5.69 Å². The first-order valence-electron chi connectivity index (χ1n) is 6.04. The van der Waals surface area contributed by atoms with Gasteiger partial charge in [-0.1, -0.05) is 41.4 Å². The second kappa shape index (κ2) is 5.57. The normalized spacial score (nSPS) is 10.5. The van der Waals surface area contributed by atoms with E-state index in [9.17, 15) is 0 Å². The zero-order chi connectivity index (χ0) is 13.9. The zero-order valence-electron chi connectivity index (χ0n) is 10.4. The molecule has 1 N–H and O–H groups in total. The molecule has 3 rings (SSSR count). The largest absolute Gasteiger partial charge is 0.325 e. The van der Waals surface area contributed by atoms with Crippen molar-refractivity contribution in [3.05, 3.63) is 71.0 Å². The van der Waals surface area contributed by atoms with Crippen LogP contribution in [0.4, 0.5) is 11.6 Å². The van der Waals surface area contributed by atoms with E-state index in [0.717, 1.165) is 11.4 Å². The van der Waals surface area contributed by atoms with Gasteiger partial charge in [-0.2, -0.15) is 0 Å². The number of nitrogens with one attached hydrogen (secondary N) is 1. The molecule has 0 fully saturated rings. The molecular weight excluding hydrogens is 293 g/mol. The number of nitrogens with zero attached hydrogens (tertiary/aromatic N) is 2. The van der Waals surface area contributed by atoms with Gasteiger partial charge >= 0.3 is 0 Å². The van der Waals surface area contributed by atoms with Crippen LogP contribution in [-0.2, 0) is 0 Å². The predicted octanol–water partition coefficient (Wildman–Crippen LogP) is 4.92. The van der Waals surface area contributed by atoms with Crippen molar-refractivity contribution in [3.8, 4) is 5.69 Å². The Morgan fingerprint density at radius 1 is 0.950 bits per heavy atom. The van der Waals surface area contributed by atoms with Crippen molar-refractivity contribution in [2.75, 3.05) is 5.32 Å². The molecule has 0 aliphatic carbocycles. The van der Waals surface area contributed by atoms with E-state index in [0.29, 0.717) is 16.0 Å². The number of halogens is 2. The van der Waals surface area contributed by atoms with E-state index in [-0.39, 0.29) is 0 Å². The lowest BCUT2D eigenvalue weighted by molar-refractivity contribution is 1.06. The molecule has 0 aliphatic heterocycles. The quantitative estimate of drug-likeness (QED) is 0.744. The highest BCUT2D eigenvalue weighted by molar-refractivity contribution is 6.35. The first-order valence-corrected chi connectivity index (χ1v) is 6.80. The molecule has 1 aromatic heterocycles. The van der Waals surface area contributed by atoms with E-state index in [1.807, 2.05) is 41.1 Å². The van der Waals surface area contributed by atoms with Gasteiger partial charge in [-0.05, 0) is 30.3 Å². The zero-order valence-corrected chi connectivity index (χ0v) is 11.9. The van der Waals surface area contributed by atoms with Crippen LogP contribution in [0.15, 0.2) is 60.9 Å². The minimum atomic E-state index is 0.581. The van der Waals surface area contributed by atoms with Gasteiger partial charge < -0.3 is 5.32 Å². The van der Waals surface area contributed by atoms with E-state index in [1.165, 1.54) is 0 Å². The lowest BCUT2D eigenvalue weighted by Crippen LogP contribution is -2.00. The third-order valence-corrected chi connectivity index (χ3v) is 3.23. The number of rotatable bonds is 3. The Hall–Kier alpha value is -1.97. The molecule has 0 unspecified atom stereocenters. The molecule has 0 aliphatic rings. The summed E-state index contributed by atoms with van der Waals surface area (Å²) in [5, 5.41) is 4.38. The first kappa shape index (κ1) is 13.0. The molecule has 20 heavy (non-hydrogen) atoms. The Kier molecular flexibility index (Phi) is 3.63. The number of aromatic nitrogens is 2. The average Bonchev–Trinajstić information content (AvgIpc) is 2.86. The van der Waals surface area contributed by atoms with Gasteiger partial charge in [0.25, 0.3) is 0 Å². The molecule has 100 valence electrons. The van der Waals surface area contributed by atoms with Crippen LogP contribution in [0.2, 0.25) is 10.0 Å². The van der Waals surface area contributed by atoms with E-state index in [4.69, 9.17) is 23.2 Å². The summed E-state index contributed by atoms with van der Waals surface area (Å²) in [6.45, 7) is 0. The topological polar surface area (TPSA) is 29.9 Å². The molecular formula is C15H11Cl2N3. The molecule has 0 saturated heterocycles. The monoisotopic (exact) mass is 303 g/mol. The summed E-state index contributed by atoms with van der Waals surface area (Å²) in [5.74, 6) is 0.703. The summed E-state index contributed by atoms with van der Waals surface area (Å²) in [7, 11) is 0. The van der Waals surface area contributed by atoms with Gasteiger partial charge in [0.05, 0.1) is 0 Å². The highest BCUT2D eigenvalue weighted by Crippen LogP contribution is 2.25. The number of benzene rings is 2. The van der Waals surface area contributed by atoms with Crippen LogP contribution in [0.1, 0.15) is 0 Å². The number of imidazole rings is 1. The Morgan fingerprint density at radius 2 is 1.65 bits per heavy atom. The maximum atomic E-state index is 6.00. The summed E-state index contributed by atoms with van der Waals surface area (Å²) in [5.41, 5.74) is 1.83. The minimum Gasteiger partial charge on any atom is -0.325 e. The molecule has 1 heterocycles. The van der Waals surface area contributed by atoms with Crippen molar-refractivity contribution in [3.63, 3.8) is 0 Å². The lowest BCUT2D eigenvalue weighted by Gasteiger charge is -2.10. The Balaban J connectivity index is 1.94. The fraction of sp³-hybridized carbons (Fsp3) is 0. The highest BCUT2D eigenvalue weighted by Gasteiger charge is 2.06. The summed E-state index contributed by atoms with van der Waals surface area (Å²) >= 11 is 12.0. The van der Waals surface area contributed by atoms with E-state index in [1.54, 1.807) is 24.4 Å². The third-order valence-electron chi connectivity index (χ3n) is 2.79. The molecule has 0 radical (unpaired) electrons. The summed E-state index contributed by atoms with van der Waals surface area (Å²) in [4.78, 5) is 4.31.